The zero-order valence-electron chi connectivity index (χ0n) is 13.6. The van der Waals surface area contributed by atoms with E-state index in [-0.39, 0.29) is 11.4 Å². The van der Waals surface area contributed by atoms with E-state index in [1.54, 1.807) is 35.4 Å². The number of hydrogen-bond acceptors (Lipinski definition) is 4. The summed E-state index contributed by atoms with van der Waals surface area (Å²) in [5, 5.41) is 6.91. The number of aromatic nitrogens is 5. The van der Waals surface area contributed by atoms with Crippen LogP contribution in [0, 0.1) is 0 Å². The third-order valence-electron chi connectivity index (χ3n) is 3.79. The van der Waals surface area contributed by atoms with Crippen molar-refractivity contribution in [2.24, 2.45) is 0 Å². The Morgan fingerprint density at radius 2 is 1.85 bits per heavy atom. The smallest absolute Gasteiger partial charge is 0.305 e. The largest absolute Gasteiger partial charge is 0.416 e. The average molecular weight is 372 g/mol. The highest BCUT2D eigenvalue weighted by atomic mass is 19.4. The standard InChI is InChI=1S/C17H11F3N6O/c18-17(19,20)12-3-1-11(2-4-12)16(27)23-13-9-26-14(22-13)5-6-15(24-26)25-8-7-21-10-25/h1-10H,(H,23,27). The number of fused-ring (bicyclic) bond motifs is 1. The van der Waals surface area contributed by atoms with Crippen LogP contribution in [0.15, 0.2) is 61.3 Å². The highest BCUT2D eigenvalue weighted by Crippen LogP contribution is 2.29. The Hall–Kier alpha value is -3.69. The van der Waals surface area contributed by atoms with Crippen molar-refractivity contribution >= 4 is 17.4 Å². The number of rotatable bonds is 3. The second-order valence-electron chi connectivity index (χ2n) is 5.62. The molecule has 136 valence electrons. The zero-order valence-corrected chi connectivity index (χ0v) is 13.6. The van der Waals surface area contributed by atoms with Gasteiger partial charge in [0.15, 0.2) is 17.3 Å². The van der Waals surface area contributed by atoms with Gasteiger partial charge in [0.1, 0.15) is 6.33 Å². The minimum atomic E-state index is -4.45. The van der Waals surface area contributed by atoms with Crippen molar-refractivity contribution in [1.82, 2.24) is 24.1 Å². The molecule has 27 heavy (non-hydrogen) atoms. The third-order valence-corrected chi connectivity index (χ3v) is 3.79. The average Bonchev–Trinajstić information content (AvgIpc) is 3.29. The van der Waals surface area contributed by atoms with Crippen LogP contribution < -0.4 is 5.32 Å². The number of halogens is 3. The third kappa shape index (κ3) is 3.36. The molecule has 0 bridgehead atoms. The Labute approximate surface area is 150 Å². The molecule has 1 amide bonds. The maximum Gasteiger partial charge on any atom is 0.416 e. The molecule has 0 unspecified atom stereocenters. The lowest BCUT2D eigenvalue weighted by atomic mass is 10.1. The fraction of sp³-hybridized carbons (Fsp3) is 0.0588. The lowest BCUT2D eigenvalue weighted by Crippen LogP contribution is -2.13. The molecule has 0 aliphatic rings. The maximum absolute atomic E-state index is 12.6. The van der Waals surface area contributed by atoms with Crippen LogP contribution in [0.1, 0.15) is 15.9 Å². The van der Waals surface area contributed by atoms with Crippen molar-refractivity contribution in [3.05, 3.63) is 72.4 Å². The summed E-state index contributed by atoms with van der Waals surface area (Å²) in [5.41, 5.74) is -0.225. The fourth-order valence-electron chi connectivity index (χ4n) is 2.46. The molecule has 0 fully saturated rings. The Morgan fingerprint density at radius 3 is 2.52 bits per heavy atom. The van der Waals surface area contributed by atoms with Gasteiger partial charge in [-0.1, -0.05) is 0 Å². The summed E-state index contributed by atoms with van der Waals surface area (Å²) in [6.45, 7) is 0. The van der Waals surface area contributed by atoms with Gasteiger partial charge in [0.05, 0.1) is 11.8 Å². The fourth-order valence-corrected chi connectivity index (χ4v) is 2.46. The second kappa shape index (κ2) is 6.24. The van der Waals surface area contributed by atoms with Gasteiger partial charge < -0.3 is 5.32 Å². The van der Waals surface area contributed by atoms with Gasteiger partial charge >= 0.3 is 6.18 Å². The minimum absolute atomic E-state index is 0.0899. The van der Waals surface area contributed by atoms with Gasteiger partial charge in [-0.2, -0.15) is 13.2 Å². The maximum atomic E-state index is 12.6. The second-order valence-corrected chi connectivity index (χ2v) is 5.62. The molecule has 0 spiro atoms. The highest BCUT2D eigenvalue weighted by molar-refractivity contribution is 6.03. The van der Waals surface area contributed by atoms with Crippen LogP contribution in [0.25, 0.3) is 11.5 Å². The van der Waals surface area contributed by atoms with E-state index < -0.39 is 17.6 Å². The molecule has 1 aromatic carbocycles. The van der Waals surface area contributed by atoms with Crippen LogP contribution in [0.3, 0.4) is 0 Å². The molecular formula is C17H11F3N6O. The van der Waals surface area contributed by atoms with Gasteiger partial charge in [0, 0.05) is 18.0 Å². The summed E-state index contributed by atoms with van der Waals surface area (Å²) in [7, 11) is 0. The normalized spacial score (nSPS) is 11.7. The monoisotopic (exact) mass is 372 g/mol. The van der Waals surface area contributed by atoms with Gasteiger partial charge in [0.2, 0.25) is 0 Å². The number of nitrogens with one attached hydrogen (secondary N) is 1. The van der Waals surface area contributed by atoms with E-state index in [2.05, 4.69) is 20.4 Å². The number of amides is 1. The molecule has 4 rings (SSSR count). The van der Waals surface area contributed by atoms with E-state index in [4.69, 9.17) is 0 Å². The molecule has 0 atom stereocenters. The molecule has 4 aromatic rings. The van der Waals surface area contributed by atoms with Crippen LogP contribution >= 0.6 is 0 Å². The van der Waals surface area contributed by atoms with Crippen molar-refractivity contribution in [3.8, 4) is 5.82 Å². The molecule has 10 heteroatoms. The number of alkyl halides is 3. The molecule has 0 aliphatic carbocycles. The number of nitrogens with zero attached hydrogens (tertiary/aromatic N) is 5. The van der Waals surface area contributed by atoms with E-state index >= 15 is 0 Å². The Bertz CT molecular complexity index is 1100. The molecule has 3 aromatic heterocycles. The van der Waals surface area contributed by atoms with E-state index in [1.165, 1.54) is 10.7 Å². The molecule has 0 aliphatic heterocycles. The van der Waals surface area contributed by atoms with Crippen molar-refractivity contribution in [2.45, 2.75) is 6.18 Å². The first-order valence-corrected chi connectivity index (χ1v) is 7.73. The van der Waals surface area contributed by atoms with Crippen molar-refractivity contribution < 1.29 is 18.0 Å². The summed E-state index contributed by atoms with van der Waals surface area (Å²) in [5.74, 6) is 0.273. The predicted octanol–water partition coefficient (Wildman–Crippen LogP) is 3.19. The Morgan fingerprint density at radius 1 is 1.07 bits per heavy atom. The topological polar surface area (TPSA) is 77.1 Å². The first-order valence-electron chi connectivity index (χ1n) is 7.73. The van der Waals surface area contributed by atoms with E-state index in [1.807, 2.05) is 0 Å². The molecule has 1 N–H and O–H groups in total. The SMILES string of the molecule is O=C(Nc1cn2nc(-n3ccnc3)ccc2n1)c1ccc(C(F)(F)F)cc1. The number of carbonyl (C=O) groups is 1. The van der Waals surface area contributed by atoms with Crippen LogP contribution in [0.4, 0.5) is 19.0 Å². The number of anilines is 1. The molecule has 3 heterocycles. The van der Waals surface area contributed by atoms with Crippen molar-refractivity contribution in [2.75, 3.05) is 5.32 Å². The number of benzene rings is 1. The van der Waals surface area contributed by atoms with Crippen LogP contribution in [-0.2, 0) is 6.18 Å². The number of hydrogen-bond donors (Lipinski definition) is 1. The molecular weight excluding hydrogens is 361 g/mol. The van der Waals surface area contributed by atoms with E-state index in [9.17, 15) is 18.0 Å². The Kier molecular flexibility index (Phi) is 3.87. The first-order chi connectivity index (χ1) is 12.9. The van der Waals surface area contributed by atoms with Gasteiger partial charge in [-0.15, -0.1) is 5.10 Å². The highest BCUT2D eigenvalue weighted by Gasteiger charge is 2.30. The molecule has 0 saturated carbocycles. The lowest BCUT2D eigenvalue weighted by Gasteiger charge is -2.07. The predicted molar refractivity (Wildman–Crippen MR) is 89.5 cm³/mol. The van der Waals surface area contributed by atoms with E-state index in [0.29, 0.717) is 11.5 Å². The van der Waals surface area contributed by atoms with Gasteiger partial charge in [-0.05, 0) is 36.4 Å². The van der Waals surface area contributed by atoms with Gasteiger partial charge in [-0.3, -0.25) is 9.36 Å². The first kappa shape index (κ1) is 16.8. The zero-order chi connectivity index (χ0) is 19.0. The Balaban J connectivity index is 1.55. The van der Waals surface area contributed by atoms with Crippen molar-refractivity contribution in [1.29, 1.82) is 0 Å². The molecule has 0 saturated heterocycles. The van der Waals surface area contributed by atoms with Gasteiger partial charge in [0.25, 0.3) is 5.91 Å². The van der Waals surface area contributed by atoms with Crippen molar-refractivity contribution in [3.63, 3.8) is 0 Å². The summed E-state index contributed by atoms with van der Waals surface area (Å²) < 4.78 is 41.0. The summed E-state index contributed by atoms with van der Waals surface area (Å²) >= 11 is 0. The van der Waals surface area contributed by atoms with Crippen LogP contribution in [0.5, 0.6) is 0 Å². The summed E-state index contributed by atoms with van der Waals surface area (Å²) in [6.07, 6.45) is 2.01. The van der Waals surface area contributed by atoms with Crippen LogP contribution in [-0.4, -0.2) is 30.1 Å². The molecule has 0 radical (unpaired) electrons. The number of imidazole rings is 2. The minimum Gasteiger partial charge on any atom is -0.305 e. The van der Waals surface area contributed by atoms with E-state index in [0.717, 1.165) is 24.3 Å². The number of carbonyl (C=O) groups excluding carboxylic acids is 1. The van der Waals surface area contributed by atoms with Gasteiger partial charge in [-0.25, -0.2) is 14.5 Å². The molecule has 7 nitrogen and oxygen atoms in total. The summed E-state index contributed by atoms with van der Waals surface area (Å²) in [6, 6.07) is 7.41. The van der Waals surface area contributed by atoms with Crippen LogP contribution in [0.2, 0.25) is 0 Å². The lowest BCUT2D eigenvalue weighted by molar-refractivity contribution is -0.137. The summed E-state index contributed by atoms with van der Waals surface area (Å²) in [4.78, 5) is 20.4. The quantitative estimate of drug-likeness (QED) is 0.599.